The van der Waals surface area contributed by atoms with E-state index in [1.54, 1.807) is 6.92 Å². The molecule has 1 saturated heterocycles. The summed E-state index contributed by atoms with van der Waals surface area (Å²) in [4.78, 5) is 39.2. The maximum Gasteiger partial charge on any atom is 0.249 e. The van der Waals surface area contributed by atoms with Crippen molar-refractivity contribution in [1.29, 1.82) is 0 Å². The van der Waals surface area contributed by atoms with Crippen LogP contribution in [0, 0.1) is 23.7 Å². The Hall–Kier alpha value is -2.09. The van der Waals surface area contributed by atoms with Gasteiger partial charge in [-0.25, -0.2) is 0 Å². The van der Waals surface area contributed by atoms with E-state index in [-0.39, 0.29) is 35.5 Å². The molecule has 2 fully saturated rings. The van der Waals surface area contributed by atoms with Crippen molar-refractivity contribution in [3.63, 3.8) is 0 Å². The van der Waals surface area contributed by atoms with Gasteiger partial charge in [0, 0.05) is 6.42 Å². The zero-order valence-corrected chi connectivity index (χ0v) is 15.0. The molecule has 3 aliphatic rings. The van der Waals surface area contributed by atoms with Gasteiger partial charge in [0.1, 0.15) is 11.0 Å². The molecular formula is C17H20N4O3S. The van der Waals surface area contributed by atoms with Crippen LogP contribution in [0.15, 0.2) is 12.2 Å². The maximum atomic E-state index is 12.7. The lowest BCUT2D eigenvalue weighted by molar-refractivity contribution is -0.146. The molecule has 2 heterocycles. The fraction of sp³-hybridized carbons (Fsp3) is 0.588. The third-order valence-electron chi connectivity index (χ3n) is 5.43. The van der Waals surface area contributed by atoms with Crippen LogP contribution in [-0.4, -0.2) is 38.9 Å². The third-order valence-corrected chi connectivity index (χ3v) is 6.33. The zero-order chi connectivity index (χ0) is 17.7. The van der Waals surface area contributed by atoms with Crippen molar-refractivity contribution < 1.29 is 14.4 Å². The standard InChI is InChI=1S/C17H20N4O3S/c1-3-4-11-19-20-17(25-11)18-14(22)8(2)21-15(23)12-9-5-6-10(7-9)13(12)16(21)24/h5-6,8-10,12-13H,3-4,7H2,1-2H3,(H,18,20,22)/t8-,9+,10+,12-,13+/m1/s1. The van der Waals surface area contributed by atoms with Gasteiger partial charge in [-0.2, -0.15) is 0 Å². The molecule has 0 radical (unpaired) electrons. The van der Waals surface area contributed by atoms with Crippen LogP contribution in [0.2, 0.25) is 0 Å². The summed E-state index contributed by atoms with van der Waals surface area (Å²) in [6.45, 7) is 3.64. The molecule has 5 atom stereocenters. The summed E-state index contributed by atoms with van der Waals surface area (Å²) in [6.07, 6.45) is 6.73. The highest BCUT2D eigenvalue weighted by Crippen LogP contribution is 2.52. The van der Waals surface area contributed by atoms with E-state index in [9.17, 15) is 14.4 Å². The molecule has 1 aromatic heterocycles. The monoisotopic (exact) mass is 360 g/mol. The van der Waals surface area contributed by atoms with E-state index >= 15 is 0 Å². The minimum Gasteiger partial charge on any atom is -0.299 e. The molecule has 2 aliphatic carbocycles. The smallest absolute Gasteiger partial charge is 0.249 e. The molecule has 1 saturated carbocycles. The first-order chi connectivity index (χ1) is 12.0. The Balaban J connectivity index is 1.47. The topological polar surface area (TPSA) is 92.3 Å². The van der Waals surface area contributed by atoms with Crippen LogP contribution in [0.4, 0.5) is 5.13 Å². The van der Waals surface area contributed by atoms with E-state index in [1.807, 2.05) is 19.1 Å². The number of nitrogens with one attached hydrogen (secondary N) is 1. The molecule has 0 spiro atoms. The largest absolute Gasteiger partial charge is 0.299 e. The van der Waals surface area contributed by atoms with Crippen molar-refractivity contribution in [1.82, 2.24) is 15.1 Å². The second kappa shape index (κ2) is 6.01. The minimum atomic E-state index is -0.844. The van der Waals surface area contributed by atoms with Crippen molar-refractivity contribution >= 4 is 34.2 Å². The number of amides is 3. The summed E-state index contributed by atoms with van der Waals surface area (Å²) < 4.78 is 0. The third kappa shape index (κ3) is 2.50. The number of carbonyl (C=O) groups excluding carboxylic acids is 3. The molecule has 25 heavy (non-hydrogen) atoms. The number of rotatable bonds is 5. The number of likely N-dealkylation sites (tertiary alicyclic amines) is 1. The van der Waals surface area contributed by atoms with Crippen molar-refractivity contribution in [3.05, 3.63) is 17.2 Å². The van der Waals surface area contributed by atoms with Crippen LogP contribution in [0.5, 0.6) is 0 Å². The molecule has 0 aromatic carbocycles. The van der Waals surface area contributed by atoms with Crippen LogP contribution in [-0.2, 0) is 20.8 Å². The number of nitrogens with zero attached hydrogens (tertiary/aromatic N) is 3. The van der Waals surface area contributed by atoms with E-state index in [1.165, 1.54) is 11.3 Å². The van der Waals surface area contributed by atoms with Crippen LogP contribution in [0.3, 0.4) is 0 Å². The van der Waals surface area contributed by atoms with Crippen molar-refractivity contribution in [3.8, 4) is 0 Å². The summed E-state index contributed by atoms with van der Waals surface area (Å²) in [5, 5.41) is 11.9. The van der Waals surface area contributed by atoms with E-state index < -0.39 is 11.9 Å². The summed E-state index contributed by atoms with van der Waals surface area (Å²) in [6, 6.07) is -0.844. The van der Waals surface area contributed by atoms with Gasteiger partial charge in [0.15, 0.2) is 0 Å². The predicted octanol–water partition coefficient (Wildman–Crippen LogP) is 1.62. The first kappa shape index (κ1) is 16.4. The van der Waals surface area contributed by atoms with Gasteiger partial charge in [0.05, 0.1) is 11.8 Å². The van der Waals surface area contributed by atoms with Crippen LogP contribution >= 0.6 is 11.3 Å². The van der Waals surface area contributed by atoms with Gasteiger partial charge in [-0.05, 0) is 31.6 Å². The maximum absolute atomic E-state index is 12.7. The molecule has 1 aromatic rings. The van der Waals surface area contributed by atoms with E-state index in [2.05, 4.69) is 15.5 Å². The van der Waals surface area contributed by atoms with E-state index in [0.29, 0.717) is 5.13 Å². The lowest BCUT2D eigenvalue weighted by Crippen LogP contribution is -2.46. The Morgan fingerprint density at radius 3 is 2.52 bits per heavy atom. The fourth-order valence-electron chi connectivity index (χ4n) is 4.25. The molecule has 0 unspecified atom stereocenters. The summed E-state index contributed by atoms with van der Waals surface area (Å²) >= 11 is 1.32. The van der Waals surface area contributed by atoms with Gasteiger partial charge < -0.3 is 0 Å². The normalized spacial score (nSPS) is 30.9. The van der Waals surface area contributed by atoms with Gasteiger partial charge in [-0.3, -0.25) is 24.6 Å². The number of anilines is 1. The Morgan fingerprint density at radius 2 is 1.92 bits per heavy atom. The van der Waals surface area contributed by atoms with Crippen molar-refractivity contribution in [2.24, 2.45) is 23.7 Å². The SMILES string of the molecule is CCCc1nnc(NC(=O)[C@@H](C)N2C(=O)[C@@H]3[C@H](C2=O)[C@H]2C=C[C@H]3C2)s1. The minimum absolute atomic E-state index is 0.145. The first-order valence-corrected chi connectivity index (χ1v) is 9.51. The first-order valence-electron chi connectivity index (χ1n) is 8.69. The number of fused-ring (bicyclic) bond motifs is 5. The second-order valence-electron chi connectivity index (χ2n) is 6.96. The number of aryl methyl sites for hydroxylation is 1. The molecule has 3 amide bonds. The number of imide groups is 1. The number of aromatic nitrogens is 2. The van der Waals surface area contributed by atoms with Gasteiger partial charge in [-0.15, -0.1) is 10.2 Å². The van der Waals surface area contributed by atoms with Gasteiger partial charge in [0.25, 0.3) is 0 Å². The molecule has 1 N–H and O–H groups in total. The molecule has 132 valence electrons. The highest BCUT2D eigenvalue weighted by atomic mass is 32.1. The molecule has 4 rings (SSSR count). The van der Waals surface area contributed by atoms with Gasteiger partial charge in [0.2, 0.25) is 22.9 Å². The molecular weight excluding hydrogens is 340 g/mol. The molecule has 7 nitrogen and oxygen atoms in total. The fourth-order valence-corrected chi connectivity index (χ4v) is 5.10. The van der Waals surface area contributed by atoms with Gasteiger partial charge in [-0.1, -0.05) is 30.4 Å². The molecule has 8 heteroatoms. The number of hydrogen-bond donors (Lipinski definition) is 1. The summed E-state index contributed by atoms with van der Waals surface area (Å²) in [5.41, 5.74) is 0. The van der Waals surface area contributed by atoms with Crippen LogP contribution in [0.1, 0.15) is 31.7 Å². The Labute approximate surface area is 149 Å². The average Bonchev–Trinajstić information content (AvgIpc) is 3.33. The van der Waals surface area contributed by atoms with E-state index in [0.717, 1.165) is 29.2 Å². The zero-order valence-electron chi connectivity index (χ0n) is 14.1. The number of carbonyl (C=O) groups is 3. The molecule has 1 aliphatic heterocycles. The predicted molar refractivity (Wildman–Crippen MR) is 91.6 cm³/mol. The molecule has 2 bridgehead atoms. The van der Waals surface area contributed by atoms with Gasteiger partial charge >= 0.3 is 0 Å². The lowest BCUT2D eigenvalue weighted by atomic mass is 9.85. The second-order valence-corrected chi connectivity index (χ2v) is 8.02. The number of hydrogen-bond acceptors (Lipinski definition) is 6. The van der Waals surface area contributed by atoms with Crippen LogP contribution < -0.4 is 5.32 Å². The summed E-state index contributed by atoms with van der Waals surface area (Å²) in [7, 11) is 0. The van der Waals surface area contributed by atoms with Crippen molar-refractivity contribution in [2.45, 2.75) is 39.2 Å². The Morgan fingerprint density at radius 1 is 1.28 bits per heavy atom. The summed E-state index contributed by atoms with van der Waals surface area (Å²) in [5.74, 6) is -1.10. The quantitative estimate of drug-likeness (QED) is 0.636. The average molecular weight is 360 g/mol. The Bertz CT molecular complexity index is 744. The number of allylic oxidation sites excluding steroid dienone is 2. The lowest BCUT2D eigenvalue weighted by Gasteiger charge is -2.23. The highest BCUT2D eigenvalue weighted by molar-refractivity contribution is 7.15. The van der Waals surface area contributed by atoms with Crippen LogP contribution in [0.25, 0.3) is 0 Å². The van der Waals surface area contributed by atoms with Crippen molar-refractivity contribution in [2.75, 3.05) is 5.32 Å². The highest BCUT2D eigenvalue weighted by Gasteiger charge is 2.60. The Kier molecular flexibility index (Phi) is 3.94. The van der Waals surface area contributed by atoms with E-state index in [4.69, 9.17) is 0 Å².